The normalized spacial score (nSPS) is 19.5. The Labute approximate surface area is 207 Å². The lowest BCUT2D eigenvalue weighted by Gasteiger charge is -2.42. The fourth-order valence-electron chi connectivity index (χ4n) is 3.05. The number of imide groups is 1. The Kier molecular flexibility index (Phi) is 8.02. The van der Waals surface area contributed by atoms with Gasteiger partial charge in [-0.2, -0.15) is 8.78 Å². The molecular formula is C24H31F3N2O7. The van der Waals surface area contributed by atoms with Crippen molar-refractivity contribution >= 4 is 24.2 Å². The third-order valence-corrected chi connectivity index (χ3v) is 4.74. The molecule has 2 amide bonds. The Morgan fingerprint density at radius 2 is 1.58 bits per heavy atom. The number of benzene rings is 1. The number of ether oxygens (including phenoxy) is 4. The molecule has 1 aliphatic rings. The van der Waals surface area contributed by atoms with Crippen LogP contribution in [0.3, 0.4) is 0 Å². The zero-order chi connectivity index (χ0) is 27.7. The van der Waals surface area contributed by atoms with E-state index < -0.39 is 64.8 Å². The lowest BCUT2D eigenvalue weighted by Crippen LogP contribution is -2.57. The van der Waals surface area contributed by atoms with Crippen LogP contribution >= 0.6 is 0 Å². The molecule has 1 aliphatic heterocycles. The van der Waals surface area contributed by atoms with E-state index in [9.17, 15) is 18.8 Å². The van der Waals surface area contributed by atoms with Crippen LogP contribution in [0, 0.1) is 5.82 Å². The Bertz CT molecular complexity index is 1030. The molecule has 1 heterocycles. The molecule has 36 heavy (non-hydrogen) atoms. The maximum absolute atomic E-state index is 15.2. The average Bonchev–Trinajstić information content (AvgIpc) is 2.68. The third kappa shape index (κ3) is 6.46. The van der Waals surface area contributed by atoms with Crippen molar-refractivity contribution in [1.29, 1.82) is 0 Å². The number of alkyl halides is 2. The molecule has 0 aromatic heterocycles. The van der Waals surface area contributed by atoms with Crippen molar-refractivity contribution in [3.63, 3.8) is 0 Å². The van der Waals surface area contributed by atoms with Gasteiger partial charge < -0.3 is 18.9 Å². The summed E-state index contributed by atoms with van der Waals surface area (Å²) in [6.45, 7) is 10.3. The summed E-state index contributed by atoms with van der Waals surface area (Å²) in [7, 11) is 0. The molecule has 0 saturated carbocycles. The molecule has 1 aromatic carbocycles. The van der Waals surface area contributed by atoms with E-state index in [2.05, 4.69) is 4.99 Å². The second kappa shape index (κ2) is 9.98. The average molecular weight is 517 g/mol. The third-order valence-electron chi connectivity index (χ3n) is 4.74. The second-order valence-corrected chi connectivity index (χ2v) is 10.1. The zero-order valence-corrected chi connectivity index (χ0v) is 21.5. The highest BCUT2D eigenvalue weighted by molar-refractivity contribution is 6.06. The molecule has 2 rings (SSSR count). The first kappa shape index (κ1) is 28.9. The van der Waals surface area contributed by atoms with E-state index >= 15 is 8.78 Å². The summed E-state index contributed by atoms with van der Waals surface area (Å²) >= 11 is 0. The van der Waals surface area contributed by atoms with Crippen LogP contribution in [-0.2, 0) is 24.5 Å². The Hall–Kier alpha value is -3.31. The van der Waals surface area contributed by atoms with Crippen LogP contribution in [0.4, 0.5) is 22.8 Å². The molecule has 0 fully saturated rings. The summed E-state index contributed by atoms with van der Waals surface area (Å²) in [6, 6.07) is 1.88. The van der Waals surface area contributed by atoms with Crippen molar-refractivity contribution in [2.45, 2.75) is 78.1 Å². The smallest absolute Gasteiger partial charge is 0.428 e. The van der Waals surface area contributed by atoms with Crippen molar-refractivity contribution in [2.24, 2.45) is 4.99 Å². The highest BCUT2D eigenvalue weighted by Gasteiger charge is 2.59. The van der Waals surface area contributed by atoms with E-state index in [-0.39, 0.29) is 17.1 Å². The van der Waals surface area contributed by atoms with Gasteiger partial charge in [0.1, 0.15) is 23.6 Å². The Morgan fingerprint density at radius 3 is 2.06 bits per heavy atom. The largest absolute Gasteiger partial charge is 0.462 e. The van der Waals surface area contributed by atoms with Crippen molar-refractivity contribution in [2.75, 3.05) is 13.2 Å². The number of rotatable bonds is 3. The lowest BCUT2D eigenvalue weighted by atomic mass is 9.86. The van der Waals surface area contributed by atoms with E-state index in [0.29, 0.717) is 0 Å². The number of carbonyl (C=O) groups excluding carboxylic acids is 3. The first-order valence-corrected chi connectivity index (χ1v) is 11.2. The summed E-state index contributed by atoms with van der Waals surface area (Å²) in [5, 5.41) is 0. The number of amidine groups is 1. The van der Waals surface area contributed by atoms with Gasteiger partial charge in [-0.1, -0.05) is 0 Å². The highest BCUT2D eigenvalue weighted by Crippen LogP contribution is 2.45. The van der Waals surface area contributed by atoms with Crippen LogP contribution in [0.25, 0.3) is 0 Å². The standard InChI is InChI=1S/C24H31F3N2O7/c1-9-33-17(30)14-10-11-16(25)15(12-14)23(8)24(26,27)13-28-18(34-23)29(19(31)35-21(2,3)4)20(32)36-22(5,6)7/h10-12H,9,13H2,1-8H3/t23-/m1/s1. The number of hydrogen-bond acceptors (Lipinski definition) is 8. The molecule has 9 nitrogen and oxygen atoms in total. The molecule has 0 radical (unpaired) electrons. The summed E-state index contributed by atoms with van der Waals surface area (Å²) in [5.41, 5.74) is -5.87. The predicted octanol–water partition coefficient (Wildman–Crippen LogP) is 5.41. The van der Waals surface area contributed by atoms with E-state index in [1.165, 1.54) is 41.5 Å². The summed E-state index contributed by atoms with van der Waals surface area (Å²) < 4.78 is 66.0. The molecule has 0 saturated heterocycles. The minimum atomic E-state index is -3.82. The van der Waals surface area contributed by atoms with Crippen molar-refractivity contribution in [1.82, 2.24) is 4.90 Å². The van der Waals surface area contributed by atoms with Crippen molar-refractivity contribution in [3.8, 4) is 0 Å². The fourth-order valence-corrected chi connectivity index (χ4v) is 3.05. The van der Waals surface area contributed by atoms with Crippen LogP contribution < -0.4 is 0 Å². The molecular weight excluding hydrogens is 485 g/mol. The molecule has 1 aromatic rings. The predicted molar refractivity (Wildman–Crippen MR) is 122 cm³/mol. The first-order chi connectivity index (χ1) is 16.3. The number of carbonyl (C=O) groups is 3. The van der Waals surface area contributed by atoms with Crippen LogP contribution in [0.1, 0.15) is 71.3 Å². The minimum Gasteiger partial charge on any atom is -0.462 e. The van der Waals surface area contributed by atoms with Gasteiger partial charge in [0, 0.05) is 5.56 Å². The van der Waals surface area contributed by atoms with Gasteiger partial charge in [-0.15, -0.1) is 4.90 Å². The van der Waals surface area contributed by atoms with Crippen LogP contribution in [0.5, 0.6) is 0 Å². The summed E-state index contributed by atoms with van der Waals surface area (Å²) in [5.74, 6) is -5.80. The van der Waals surface area contributed by atoms with Gasteiger partial charge >= 0.3 is 30.1 Å². The van der Waals surface area contributed by atoms with E-state index in [1.807, 2.05) is 0 Å². The number of aliphatic imine (C=N–C) groups is 1. The van der Waals surface area contributed by atoms with E-state index in [1.54, 1.807) is 6.92 Å². The van der Waals surface area contributed by atoms with Gasteiger partial charge in [0.25, 0.3) is 0 Å². The number of halogens is 3. The molecule has 0 spiro atoms. The maximum Gasteiger partial charge on any atom is 0.428 e. The van der Waals surface area contributed by atoms with Crippen molar-refractivity contribution in [3.05, 3.63) is 35.1 Å². The molecule has 0 bridgehead atoms. The molecule has 12 heteroatoms. The zero-order valence-electron chi connectivity index (χ0n) is 21.5. The number of hydrogen-bond donors (Lipinski definition) is 0. The van der Waals surface area contributed by atoms with Crippen LogP contribution in [0.2, 0.25) is 0 Å². The van der Waals surface area contributed by atoms with E-state index in [0.717, 1.165) is 25.1 Å². The summed E-state index contributed by atoms with van der Waals surface area (Å²) in [6.07, 6.45) is -2.60. The number of amides is 2. The lowest BCUT2D eigenvalue weighted by molar-refractivity contribution is -0.177. The van der Waals surface area contributed by atoms with Crippen molar-refractivity contribution < 1.29 is 46.5 Å². The van der Waals surface area contributed by atoms with Crippen LogP contribution in [-0.4, -0.2) is 59.4 Å². The van der Waals surface area contributed by atoms with Gasteiger partial charge in [-0.05, 0) is 73.6 Å². The fraction of sp³-hybridized carbons (Fsp3) is 0.583. The van der Waals surface area contributed by atoms with E-state index in [4.69, 9.17) is 18.9 Å². The van der Waals surface area contributed by atoms with Gasteiger partial charge in [0.05, 0.1) is 12.2 Å². The van der Waals surface area contributed by atoms with Crippen LogP contribution in [0.15, 0.2) is 23.2 Å². The molecule has 0 N–H and O–H groups in total. The maximum atomic E-state index is 15.2. The highest BCUT2D eigenvalue weighted by atomic mass is 19.3. The minimum absolute atomic E-state index is 0.00696. The monoisotopic (exact) mass is 516 g/mol. The SMILES string of the molecule is CCOC(=O)c1ccc(F)c([C@@]2(C)OC(N(C(=O)OC(C)(C)C)C(=O)OC(C)(C)C)=NCC2(F)F)c1. The molecule has 0 aliphatic carbocycles. The molecule has 1 atom stereocenters. The number of esters is 1. The Morgan fingerprint density at radius 1 is 1.06 bits per heavy atom. The van der Waals surface area contributed by atoms with Gasteiger partial charge in [0.15, 0.2) is 0 Å². The summed E-state index contributed by atoms with van der Waals surface area (Å²) in [4.78, 5) is 41.7. The second-order valence-electron chi connectivity index (χ2n) is 10.1. The molecule has 0 unspecified atom stereocenters. The van der Waals surface area contributed by atoms with Gasteiger partial charge in [-0.3, -0.25) is 0 Å². The number of nitrogens with zero attached hydrogens (tertiary/aromatic N) is 2. The quantitative estimate of drug-likeness (QED) is 0.391. The topological polar surface area (TPSA) is 104 Å². The van der Waals surface area contributed by atoms with Gasteiger partial charge in [-0.25, -0.2) is 23.8 Å². The van der Waals surface area contributed by atoms with Gasteiger partial charge in [0.2, 0.25) is 5.60 Å². The molecule has 200 valence electrons. The Balaban J connectivity index is 2.60. The first-order valence-electron chi connectivity index (χ1n) is 11.2.